The van der Waals surface area contributed by atoms with E-state index < -0.39 is 15.1 Å². The average Bonchev–Trinajstić information content (AvgIpc) is 1.81. The molecule has 0 bridgehead atoms. The molecule has 0 N–H and O–H groups in total. The highest BCUT2D eigenvalue weighted by atomic mass is 28.5. The van der Waals surface area contributed by atoms with E-state index in [1.807, 2.05) is 0 Å². The van der Waals surface area contributed by atoms with Crippen LogP contribution in [0.15, 0.2) is 12.7 Å². The molecule has 0 aromatic carbocycles. The van der Waals surface area contributed by atoms with Crippen molar-refractivity contribution in [2.45, 2.75) is 19.4 Å². The molecule has 0 aliphatic heterocycles. The monoisotopic (exact) mass is 168 g/mol. The van der Waals surface area contributed by atoms with E-state index in [0.29, 0.717) is 0 Å². The van der Waals surface area contributed by atoms with Crippen LogP contribution in [0, 0.1) is 5.92 Å². The van der Waals surface area contributed by atoms with E-state index >= 15 is 0 Å². The van der Waals surface area contributed by atoms with E-state index in [2.05, 4.69) is 6.58 Å². The third-order valence-corrected chi connectivity index (χ3v) is 2.14. The summed E-state index contributed by atoms with van der Waals surface area (Å²) >= 11 is 0. The van der Waals surface area contributed by atoms with E-state index in [9.17, 15) is 12.3 Å². The fraction of sp³-hybridized carbons (Fsp3) is 0.667. The molecule has 10 heavy (non-hydrogen) atoms. The van der Waals surface area contributed by atoms with Crippen LogP contribution in [-0.4, -0.2) is 9.08 Å². The number of hydrogen-bond donors (Lipinski definition) is 0. The second-order valence-corrected chi connectivity index (χ2v) is 4.10. The van der Waals surface area contributed by atoms with Gasteiger partial charge in [0.1, 0.15) is 0 Å². The molecule has 0 aromatic heterocycles. The summed E-state index contributed by atoms with van der Waals surface area (Å²) < 4.78 is 35.0. The van der Waals surface area contributed by atoms with Crippen molar-refractivity contribution in [1.82, 2.24) is 0 Å². The van der Waals surface area contributed by atoms with Crippen LogP contribution in [0.2, 0.25) is 6.04 Å². The zero-order valence-corrected chi connectivity index (χ0v) is 6.91. The first-order valence-corrected chi connectivity index (χ1v) is 4.99. The van der Waals surface area contributed by atoms with Crippen LogP contribution >= 0.6 is 0 Å². The standard InChI is InChI=1S/C6H11F3Si/c1-3-6(2)4-5-10(7,8)9/h3,6H,1,4-5H2,2H3. The van der Waals surface area contributed by atoms with E-state index in [1.54, 1.807) is 13.0 Å². The van der Waals surface area contributed by atoms with Gasteiger partial charge < -0.3 is 0 Å². The summed E-state index contributed by atoms with van der Waals surface area (Å²) in [6, 6.07) is -0.569. The van der Waals surface area contributed by atoms with Gasteiger partial charge >= 0.3 is 9.08 Å². The summed E-state index contributed by atoms with van der Waals surface area (Å²) in [4.78, 5) is 0. The molecule has 0 fully saturated rings. The van der Waals surface area contributed by atoms with Gasteiger partial charge in [-0.15, -0.1) is 6.58 Å². The molecule has 0 aliphatic carbocycles. The number of halogens is 3. The molecule has 0 rings (SSSR count). The van der Waals surface area contributed by atoms with Crippen molar-refractivity contribution in [3.63, 3.8) is 0 Å². The van der Waals surface area contributed by atoms with E-state index in [1.165, 1.54) is 0 Å². The Hall–Kier alpha value is -0.253. The van der Waals surface area contributed by atoms with Gasteiger partial charge in [-0.2, -0.15) is 0 Å². The Bertz CT molecular complexity index is 108. The number of rotatable bonds is 4. The molecule has 0 saturated heterocycles. The summed E-state index contributed by atoms with van der Waals surface area (Å²) in [6.45, 7) is 5.15. The highest BCUT2D eigenvalue weighted by molar-refractivity contribution is 6.58. The molecular weight excluding hydrogens is 157 g/mol. The topological polar surface area (TPSA) is 0 Å². The van der Waals surface area contributed by atoms with Gasteiger partial charge in [0.15, 0.2) is 0 Å². The van der Waals surface area contributed by atoms with Crippen molar-refractivity contribution >= 4 is 9.08 Å². The van der Waals surface area contributed by atoms with E-state index in [-0.39, 0.29) is 12.3 Å². The maximum atomic E-state index is 11.7. The fourth-order valence-corrected chi connectivity index (χ4v) is 1.29. The molecule has 0 radical (unpaired) electrons. The Balaban J connectivity index is 3.45. The predicted molar refractivity (Wildman–Crippen MR) is 37.9 cm³/mol. The van der Waals surface area contributed by atoms with Crippen LogP contribution in [0.1, 0.15) is 13.3 Å². The zero-order valence-electron chi connectivity index (χ0n) is 5.91. The fourth-order valence-electron chi connectivity index (χ4n) is 0.509. The molecule has 1 atom stereocenters. The second kappa shape index (κ2) is 3.80. The highest BCUT2D eigenvalue weighted by Crippen LogP contribution is 2.20. The summed E-state index contributed by atoms with van der Waals surface area (Å²) in [6.07, 6.45) is 1.76. The van der Waals surface area contributed by atoms with Gasteiger partial charge in [0.25, 0.3) is 0 Å². The number of allylic oxidation sites excluding steroid dienone is 1. The van der Waals surface area contributed by atoms with E-state index in [4.69, 9.17) is 0 Å². The quantitative estimate of drug-likeness (QED) is 0.344. The molecule has 0 heterocycles. The third-order valence-electron chi connectivity index (χ3n) is 1.29. The van der Waals surface area contributed by atoms with Crippen LogP contribution in [0.4, 0.5) is 12.3 Å². The molecule has 0 aromatic rings. The molecule has 0 aliphatic rings. The predicted octanol–water partition coefficient (Wildman–Crippen LogP) is 3.05. The smallest absolute Gasteiger partial charge is 0.238 e. The lowest BCUT2D eigenvalue weighted by Gasteiger charge is -2.05. The lowest BCUT2D eigenvalue weighted by atomic mass is 10.1. The Labute approximate surface area is 60.3 Å². The summed E-state index contributed by atoms with van der Waals surface area (Å²) in [5, 5.41) is 0. The normalized spacial score (nSPS) is 14.8. The van der Waals surface area contributed by atoms with Crippen molar-refractivity contribution in [2.24, 2.45) is 5.92 Å². The summed E-state index contributed by atoms with van der Waals surface area (Å²) in [7, 11) is -5.28. The second-order valence-electron chi connectivity index (χ2n) is 2.37. The Morgan fingerprint density at radius 2 is 2.00 bits per heavy atom. The Kier molecular flexibility index (Phi) is 3.71. The van der Waals surface area contributed by atoms with Gasteiger partial charge in [-0.3, -0.25) is 0 Å². The first-order chi connectivity index (χ1) is 4.45. The molecular formula is C6H11F3Si. The zero-order chi connectivity index (χ0) is 8.20. The molecule has 4 heteroatoms. The van der Waals surface area contributed by atoms with Crippen molar-refractivity contribution in [1.29, 1.82) is 0 Å². The van der Waals surface area contributed by atoms with Gasteiger partial charge in [-0.25, -0.2) is 12.3 Å². The Morgan fingerprint density at radius 1 is 1.50 bits per heavy atom. The molecule has 60 valence electrons. The van der Waals surface area contributed by atoms with Gasteiger partial charge in [0.2, 0.25) is 0 Å². The minimum Gasteiger partial charge on any atom is -0.238 e. The van der Waals surface area contributed by atoms with Crippen LogP contribution in [0.25, 0.3) is 0 Å². The van der Waals surface area contributed by atoms with Crippen LogP contribution in [-0.2, 0) is 0 Å². The molecule has 1 unspecified atom stereocenters. The molecule has 0 amide bonds. The lowest BCUT2D eigenvalue weighted by Crippen LogP contribution is -2.14. The molecule has 0 spiro atoms. The van der Waals surface area contributed by atoms with Crippen molar-refractivity contribution < 1.29 is 12.3 Å². The summed E-state index contributed by atoms with van der Waals surface area (Å²) in [5.74, 6) is -0.00544. The van der Waals surface area contributed by atoms with Gasteiger partial charge in [0, 0.05) is 6.04 Å². The molecule has 0 saturated carbocycles. The molecule has 0 nitrogen and oxygen atoms in total. The van der Waals surface area contributed by atoms with Crippen molar-refractivity contribution in [2.75, 3.05) is 0 Å². The van der Waals surface area contributed by atoms with Gasteiger partial charge in [-0.05, 0) is 12.3 Å². The van der Waals surface area contributed by atoms with Crippen LogP contribution in [0.5, 0.6) is 0 Å². The van der Waals surface area contributed by atoms with E-state index in [0.717, 1.165) is 0 Å². The van der Waals surface area contributed by atoms with Crippen LogP contribution < -0.4 is 0 Å². The highest BCUT2D eigenvalue weighted by Gasteiger charge is 2.35. The van der Waals surface area contributed by atoms with Crippen LogP contribution in [0.3, 0.4) is 0 Å². The third kappa shape index (κ3) is 5.88. The SMILES string of the molecule is C=CC(C)CC[Si](F)(F)F. The first kappa shape index (κ1) is 9.75. The number of hydrogen-bond acceptors (Lipinski definition) is 0. The van der Waals surface area contributed by atoms with Crippen molar-refractivity contribution in [3.8, 4) is 0 Å². The Morgan fingerprint density at radius 3 is 2.30 bits per heavy atom. The largest absolute Gasteiger partial charge is 0.616 e. The minimum atomic E-state index is -5.28. The maximum Gasteiger partial charge on any atom is 0.616 e. The first-order valence-electron chi connectivity index (χ1n) is 3.15. The lowest BCUT2D eigenvalue weighted by molar-refractivity contribution is 0.455. The van der Waals surface area contributed by atoms with Gasteiger partial charge in [0.05, 0.1) is 0 Å². The minimum absolute atomic E-state index is 0.00544. The van der Waals surface area contributed by atoms with Gasteiger partial charge in [-0.1, -0.05) is 13.0 Å². The maximum absolute atomic E-state index is 11.7. The average molecular weight is 168 g/mol. The summed E-state index contributed by atoms with van der Waals surface area (Å²) in [5.41, 5.74) is 0. The van der Waals surface area contributed by atoms with Crippen molar-refractivity contribution in [3.05, 3.63) is 12.7 Å².